The van der Waals surface area contributed by atoms with E-state index < -0.39 is 11.4 Å². The Kier molecular flexibility index (Phi) is 2.85. The lowest BCUT2D eigenvalue weighted by atomic mass is 9.99. The van der Waals surface area contributed by atoms with Gasteiger partial charge < -0.3 is 10.7 Å². The molecule has 3 heterocycles. The first kappa shape index (κ1) is 13.7. The molecule has 6 nitrogen and oxygen atoms in total. The van der Waals surface area contributed by atoms with Gasteiger partial charge in [-0.25, -0.2) is 4.39 Å². The van der Waals surface area contributed by atoms with Crippen molar-refractivity contribution in [1.29, 1.82) is 0 Å². The molecule has 0 radical (unpaired) electrons. The number of benzene rings is 1. The van der Waals surface area contributed by atoms with E-state index in [2.05, 4.69) is 20.2 Å². The Labute approximate surface area is 133 Å². The van der Waals surface area contributed by atoms with Gasteiger partial charge in [0.1, 0.15) is 17.0 Å². The molecule has 114 valence electrons. The minimum Gasteiger partial charge on any atom is -0.394 e. The fourth-order valence-electron chi connectivity index (χ4n) is 2.66. The largest absolute Gasteiger partial charge is 0.394 e. The van der Waals surface area contributed by atoms with Crippen molar-refractivity contribution in [2.24, 2.45) is 0 Å². The Morgan fingerprint density at radius 2 is 2.09 bits per heavy atom. The van der Waals surface area contributed by atoms with Crippen molar-refractivity contribution in [3.63, 3.8) is 0 Å². The molecule has 0 amide bonds. The number of nitrogen functional groups attached to an aromatic ring is 1. The Hall–Kier alpha value is -2.93. The number of fused-ring (bicyclic) bond motifs is 2. The van der Waals surface area contributed by atoms with Crippen LogP contribution in [0.4, 0.5) is 10.1 Å². The highest BCUT2D eigenvalue weighted by molar-refractivity contribution is 6.31. The summed E-state index contributed by atoms with van der Waals surface area (Å²) in [6.45, 7) is 0. The zero-order chi connectivity index (χ0) is 16.1. The van der Waals surface area contributed by atoms with Crippen LogP contribution in [0.2, 0.25) is 5.02 Å². The number of nitrogens with two attached hydrogens (primary N) is 1. The summed E-state index contributed by atoms with van der Waals surface area (Å²) in [5.74, 6) is -0.440. The van der Waals surface area contributed by atoms with Gasteiger partial charge in [0.15, 0.2) is 0 Å². The van der Waals surface area contributed by atoms with E-state index in [0.29, 0.717) is 32.6 Å². The van der Waals surface area contributed by atoms with Crippen LogP contribution >= 0.6 is 11.6 Å². The van der Waals surface area contributed by atoms with E-state index >= 15 is 0 Å². The second-order valence-electron chi connectivity index (χ2n) is 5.05. The summed E-state index contributed by atoms with van der Waals surface area (Å²) in [6, 6.07) is 4.43. The molecular weight excluding hydrogens is 321 g/mol. The highest BCUT2D eigenvalue weighted by atomic mass is 35.5. The number of rotatable bonds is 1. The van der Waals surface area contributed by atoms with Crippen LogP contribution in [0.5, 0.6) is 0 Å². The van der Waals surface area contributed by atoms with Crippen molar-refractivity contribution in [3.05, 3.63) is 51.8 Å². The van der Waals surface area contributed by atoms with Crippen molar-refractivity contribution < 1.29 is 4.39 Å². The first-order valence-corrected chi connectivity index (χ1v) is 7.03. The van der Waals surface area contributed by atoms with Crippen molar-refractivity contribution >= 4 is 39.2 Å². The summed E-state index contributed by atoms with van der Waals surface area (Å²) in [4.78, 5) is 19.0. The van der Waals surface area contributed by atoms with Crippen LogP contribution in [0.15, 0.2) is 35.4 Å². The Bertz CT molecular complexity index is 1130. The number of pyridine rings is 2. The minimum absolute atomic E-state index is 0.00132. The third kappa shape index (κ3) is 1.97. The monoisotopic (exact) mass is 329 g/mol. The third-order valence-electron chi connectivity index (χ3n) is 3.69. The summed E-state index contributed by atoms with van der Waals surface area (Å²) >= 11 is 5.93. The smallest absolute Gasteiger partial charge is 0.272 e. The van der Waals surface area contributed by atoms with E-state index in [1.807, 2.05) is 0 Å². The topological polar surface area (TPSA) is 100 Å². The van der Waals surface area contributed by atoms with Gasteiger partial charge in [-0.3, -0.25) is 14.9 Å². The highest BCUT2D eigenvalue weighted by Gasteiger charge is 2.18. The molecule has 4 aromatic rings. The van der Waals surface area contributed by atoms with Crippen LogP contribution in [-0.4, -0.2) is 20.2 Å². The van der Waals surface area contributed by atoms with E-state index in [4.69, 9.17) is 17.3 Å². The SMILES string of the molecule is Nc1c(-c2ccc(F)c3[nH]ncc23)c2ncc(Cl)cc2[nH]c1=O. The summed E-state index contributed by atoms with van der Waals surface area (Å²) < 4.78 is 13.9. The quantitative estimate of drug-likeness (QED) is 0.500. The van der Waals surface area contributed by atoms with Gasteiger partial charge in [-0.15, -0.1) is 0 Å². The Morgan fingerprint density at radius 1 is 1.26 bits per heavy atom. The van der Waals surface area contributed by atoms with E-state index in [0.717, 1.165) is 0 Å². The van der Waals surface area contributed by atoms with Gasteiger partial charge in [0.05, 0.1) is 22.3 Å². The molecule has 4 N–H and O–H groups in total. The number of anilines is 1. The molecule has 23 heavy (non-hydrogen) atoms. The fraction of sp³-hybridized carbons (Fsp3) is 0. The van der Waals surface area contributed by atoms with E-state index in [9.17, 15) is 9.18 Å². The molecule has 8 heteroatoms. The molecule has 3 aromatic heterocycles. The maximum atomic E-state index is 13.9. The van der Waals surface area contributed by atoms with Gasteiger partial charge in [0.25, 0.3) is 5.56 Å². The molecule has 0 bridgehead atoms. The second kappa shape index (κ2) is 4.79. The van der Waals surface area contributed by atoms with Gasteiger partial charge in [-0.2, -0.15) is 5.10 Å². The molecule has 1 aromatic carbocycles. The lowest BCUT2D eigenvalue weighted by Gasteiger charge is -2.10. The maximum Gasteiger partial charge on any atom is 0.272 e. The van der Waals surface area contributed by atoms with E-state index in [1.165, 1.54) is 18.5 Å². The van der Waals surface area contributed by atoms with Gasteiger partial charge in [0, 0.05) is 17.1 Å². The summed E-state index contributed by atoms with van der Waals surface area (Å²) in [5.41, 5.74) is 7.67. The molecule has 0 fully saturated rings. The molecule has 0 saturated carbocycles. The fourth-order valence-corrected chi connectivity index (χ4v) is 2.82. The van der Waals surface area contributed by atoms with Gasteiger partial charge in [-0.05, 0) is 17.7 Å². The Balaban J connectivity index is 2.20. The number of hydrogen-bond donors (Lipinski definition) is 3. The molecule has 0 aliphatic rings. The second-order valence-corrected chi connectivity index (χ2v) is 5.48. The van der Waals surface area contributed by atoms with Crippen LogP contribution in [0.1, 0.15) is 0 Å². The van der Waals surface area contributed by atoms with Crippen molar-refractivity contribution in [2.75, 3.05) is 5.73 Å². The molecule has 0 spiro atoms. The highest BCUT2D eigenvalue weighted by Crippen LogP contribution is 2.35. The summed E-state index contributed by atoms with van der Waals surface area (Å²) in [5, 5.41) is 7.36. The van der Waals surface area contributed by atoms with Crippen LogP contribution in [-0.2, 0) is 0 Å². The van der Waals surface area contributed by atoms with Crippen LogP contribution in [0.3, 0.4) is 0 Å². The Morgan fingerprint density at radius 3 is 2.91 bits per heavy atom. The first-order chi connectivity index (χ1) is 11.1. The zero-order valence-electron chi connectivity index (χ0n) is 11.5. The third-order valence-corrected chi connectivity index (χ3v) is 3.89. The minimum atomic E-state index is -0.461. The number of H-pyrrole nitrogens is 2. The summed E-state index contributed by atoms with van der Waals surface area (Å²) in [7, 11) is 0. The molecule has 0 aliphatic carbocycles. The van der Waals surface area contributed by atoms with Crippen LogP contribution in [0, 0.1) is 5.82 Å². The molecule has 0 saturated heterocycles. The first-order valence-electron chi connectivity index (χ1n) is 6.65. The average molecular weight is 330 g/mol. The van der Waals surface area contributed by atoms with Crippen molar-refractivity contribution in [1.82, 2.24) is 20.2 Å². The number of nitrogens with zero attached hydrogens (tertiary/aromatic N) is 2. The lowest BCUT2D eigenvalue weighted by molar-refractivity contribution is 0.636. The van der Waals surface area contributed by atoms with E-state index in [-0.39, 0.29) is 11.2 Å². The van der Waals surface area contributed by atoms with E-state index in [1.54, 1.807) is 12.1 Å². The predicted octanol–water partition coefficient (Wildman–Crippen LogP) is 2.84. The van der Waals surface area contributed by atoms with Crippen LogP contribution in [0.25, 0.3) is 33.1 Å². The van der Waals surface area contributed by atoms with Gasteiger partial charge in [-0.1, -0.05) is 17.7 Å². The number of aromatic amines is 2. The number of aromatic nitrogens is 4. The maximum absolute atomic E-state index is 13.9. The standard InChI is InChI=1S/C15H9ClFN5O/c16-6-3-10-14(19-4-6)11(12(18)15(23)21-10)7-1-2-9(17)13-8(7)5-20-22-13/h1-5H,18H2,(H,20,22)(H,21,23). The van der Waals surface area contributed by atoms with Crippen LogP contribution < -0.4 is 11.3 Å². The molecule has 0 unspecified atom stereocenters. The van der Waals surface area contributed by atoms with Gasteiger partial charge in [0.2, 0.25) is 0 Å². The number of halogens is 2. The van der Waals surface area contributed by atoms with Gasteiger partial charge >= 0.3 is 0 Å². The molecule has 0 atom stereocenters. The molecular formula is C15H9ClFN5O. The van der Waals surface area contributed by atoms with Crippen molar-refractivity contribution in [3.8, 4) is 11.1 Å². The zero-order valence-corrected chi connectivity index (χ0v) is 12.3. The number of hydrogen-bond acceptors (Lipinski definition) is 4. The van der Waals surface area contributed by atoms with Crippen molar-refractivity contribution in [2.45, 2.75) is 0 Å². The number of nitrogens with one attached hydrogen (secondary N) is 2. The lowest BCUT2D eigenvalue weighted by Crippen LogP contribution is -2.14. The summed E-state index contributed by atoms with van der Waals surface area (Å²) in [6.07, 6.45) is 2.94. The normalized spacial score (nSPS) is 11.4. The predicted molar refractivity (Wildman–Crippen MR) is 86.8 cm³/mol. The average Bonchev–Trinajstić information content (AvgIpc) is 3.01. The molecule has 0 aliphatic heterocycles. The molecule has 4 rings (SSSR count).